The maximum absolute atomic E-state index is 4.31. The second-order valence-corrected chi connectivity index (χ2v) is 6.58. The Kier molecular flexibility index (Phi) is 6.83. The second kappa shape index (κ2) is 8.90. The van der Waals surface area contributed by atoms with Crippen molar-refractivity contribution in [2.75, 3.05) is 13.1 Å². The first kappa shape index (κ1) is 16.1. The summed E-state index contributed by atoms with van der Waals surface area (Å²) in [5.74, 6) is 0. The summed E-state index contributed by atoms with van der Waals surface area (Å²) in [4.78, 5) is 0. The molecule has 4 heteroatoms. The zero-order chi connectivity index (χ0) is 14.9. The summed E-state index contributed by atoms with van der Waals surface area (Å²) in [7, 11) is 0. The van der Waals surface area contributed by atoms with Crippen molar-refractivity contribution in [1.82, 2.24) is 15.5 Å². The molecule has 0 aliphatic rings. The van der Waals surface area contributed by atoms with Crippen molar-refractivity contribution >= 4 is 11.3 Å². The number of hydrogen-bond acceptors (Lipinski definition) is 4. The normalized spacial score (nSPS) is 11.0. The fraction of sp³-hybridized carbons (Fsp3) is 0.529. The molecule has 114 valence electrons. The second-order valence-electron chi connectivity index (χ2n) is 5.43. The molecule has 2 rings (SSSR count). The minimum atomic E-state index is 0.995. The van der Waals surface area contributed by atoms with Crippen LogP contribution in [0.2, 0.25) is 0 Å². The first-order valence-corrected chi connectivity index (χ1v) is 8.67. The van der Waals surface area contributed by atoms with Gasteiger partial charge in [0.1, 0.15) is 10.0 Å². The van der Waals surface area contributed by atoms with E-state index in [9.17, 15) is 0 Å². The lowest BCUT2D eigenvalue weighted by Gasteiger charge is -2.00. The quantitative estimate of drug-likeness (QED) is 0.720. The van der Waals surface area contributed by atoms with Crippen molar-refractivity contribution < 1.29 is 0 Å². The first-order valence-electron chi connectivity index (χ1n) is 7.85. The molecule has 1 aromatic heterocycles. The van der Waals surface area contributed by atoms with Gasteiger partial charge in [0.25, 0.3) is 0 Å². The average molecular weight is 303 g/mol. The molecule has 0 unspecified atom stereocenters. The number of aryl methyl sites for hydroxylation is 4. The number of hydrogen-bond donors (Lipinski definition) is 1. The molecule has 1 aromatic carbocycles. The highest BCUT2D eigenvalue weighted by atomic mass is 32.1. The van der Waals surface area contributed by atoms with E-state index in [4.69, 9.17) is 0 Å². The molecule has 0 aliphatic carbocycles. The number of rotatable bonds is 9. The van der Waals surface area contributed by atoms with Gasteiger partial charge in [-0.3, -0.25) is 0 Å². The smallest absolute Gasteiger partial charge is 0.117 e. The topological polar surface area (TPSA) is 37.8 Å². The van der Waals surface area contributed by atoms with E-state index in [1.807, 2.05) is 0 Å². The van der Waals surface area contributed by atoms with Crippen LogP contribution in [-0.4, -0.2) is 23.3 Å². The summed E-state index contributed by atoms with van der Waals surface area (Å²) in [6.45, 7) is 6.50. The largest absolute Gasteiger partial charge is 0.317 e. The molecule has 2 aromatic rings. The van der Waals surface area contributed by atoms with E-state index in [2.05, 4.69) is 53.6 Å². The molecule has 0 atom stereocenters. The zero-order valence-corrected chi connectivity index (χ0v) is 13.9. The van der Waals surface area contributed by atoms with Crippen LogP contribution in [0.1, 0.15) is 40.9 Å². The maximum atomic E-state index is 4.31. The summed E-state index contributed by atoms with van der Waals surface area (Å²) in [5.41, 5.74) is 2.69. The molecule has 0 saturated heterocycles. The average Bonchev–Trinajstić information content (AvgIpc) is 2.94. The third-order valence-corrected chi connectivity index (χ3v) is 4.47. The van der Waals surface area contributed by atoms with Gasteiger partial charge in [-0.15, -0.1) is 21.5 Å². The predicted molar refractivity (Wildman–Crippen MR) is 90.0 cm³/mol. The standard InChI is InChI=1S/C17H25N3S/c1-3-12-18-13-4-5-16-19-20-17(21-16)11-10-15-8-6-14(2)7-9-15/h6-9,18H,3-5,10-13H2,1-2H3. The SMILES string of the molecule is CCCNCCCc1nnc(CCc2ccc(C)cc2)s1. The molecule has 1 N–H and O–H groups in total. The molecule has 0 aliphatic heterocycles. The van der Waals surface area contributed by atoms with Crippen molar-refractivity contribution in [3.63, 3.8) is 0 Å². The van der Waals surface area contributed by atoms with Gasteiger partial charge >= 0.3 is 0 Å². The summed E-state index contributed by atoms with van der Waals surface area (Å²) in [6, 6.07) is 8.75. The van der Waals surface area contributed by atoms with Crippen molar-refractivity contribution in [2.24, 2.45) is 0 Å². The molecule has 1 heterocycles. The molecule has 3 nitrogen and oxygen atoms in total. The number of nitrogens with zero attached hydrogens (tertiary/aromatic N) is 2. The molecule has 0 bridgehead atoms. The van der Waals surface area contributed by atoms with Crippen molar-refractivity contribution in [2.45, 2.75) is 46.0 Å². The Morgan fingerprint density at radius 3 is 2.38 bits per heavy atom. The fourth-order valence-corrected chi connectivity index (χ4v) is 3.05. The van der Waals surface area contributed by atoms with Gasteiger partial charge in [-0.1, -0.05) is 36.8 Å². The van der Waals surface area contributed by atoms with E-state index < -0.39 is 0 Å². The molecule has 0 radical (unpaired) electrons. The molecular formula is C17H25N3S. The lowest BCUT2D eigenvalue weighted by molar-refractivity contribution is 0.637. The summed E-state index contributed by atoms with van der Waals surface area (Å²) < 4.78 is 0. The van der Waals surface area contributed by atoms with Crippen LogP contribution in [0, 0.1) is 6.92 Å². The van der Waals surface area contributed by atoms with E-state index >= 15 is 0 Å². The molecular weight excluding hydrogens is 278 g/mol. The highest BCUT2D eigenvalue weighted by molar-refractivity contribution is 7.11. The lowest BCUT2D eigenvalue weighted by atomic mass is 10.1. The van der Waals surface area contributed by atoms with Crippen LogP contribution in [0.3, 0.4) is 0 Å². The Labute approximate surface area is 131 Å². The van der Waals surface area contributed by atoms with Gasteiger partial charge in [-0.2, -0.15) is 0 Å². The number of aromatic nitrogens is 2. The highest BCUT2D eigenvalue weighted by Gasteiger charge is 2.04. The van der Waals surface area contributed by atoms with Crippen LogP contribution in [0.4, 0.5) is 0 Å². The fourth-order valence-electron chi connectivity index (χ4n) is 2.16. The highest BCUT2D eigenvalue weighted by Crippen LogP contribution is 2.14. The van der Waals surface area contributed by atoms with Crippen molar-refractivity contribution in [3.05, 3.63) is 45.4 Å². The number of benzene rings is 1. The third kappa shape index (κ3) is 5.94. The summed E-state index contributed by atoms with van der Waals surface area (Å²) in [6.07, 6.45) is 5.43. The summed E-state index contributed by atoms with van der Waals surface area (Å²) in [5, 5.41) is 14.4. The lowest BCUT2D eigenvalue weighted by Crippen LogP contribution is -2.16. The Bertz CT molecular complexity index is 519. The molecule has 0 spiro atoms. The molecule has 21 heavy (non-hydrogen) atoms. The minimum absolute atomic E-state index is 0.995. The van der Waals surface area contributed by atoms with E-state index in [1.165, 1.54) is 22.6 Å². The van der Waals surface area contributed by atoms with Gasteiger partial charge in [-0.05, 0) is 44.8 Å². The van der Waals surface area contributed by atoms with Gasteiger partial charge in [0, 0.05) is 12.8 Å². The van der Waals surface area contributed by atoms with Crippen LogP contribution in [-0.2, 0) is 19.3 Å². The van der Waals surface area contributed by atoms with Crippen molar-refractivity contribution in [3.8, 4) is 0 Å². The monoisotopic (exact) mass is 303 g/mol. The summed E-state index contributed by atoms with van der Waals surface area (Å²) >= 11 is 1.77. The molecule has 0 saturated carbocycles. The van der Waals surface area contributed by atoms with E-state index in [1.54, 1.807) is 11.3 Å². The van der Waals surface area contributed by atoms with Gasteiger partial charge in [0.15, 0.2) is 0 Å². The van der Waals surface area contributed by atoms with Crippen LogP contribution in [0.5, 0.6) is 0 Å². The Morgan fingerprint density at radius 2 is 1.67 bits per heavy atom. The van der Waals surface area contributed by atoms with Crippen LogP contribution >= 0.6 is 11.3 Å². The third-order valence-electron chi connectivity index (χ3n) is 3.43. The molecule has 0 fully saturated rings. The zero-order valence-electron chi connectivity index (χ0n) is 13.1. The van der Waals surface area contributed by atoms with Crippen LogP contribution < -0.4 is 5.32 Å². The van der Waals surface area contributed by atoms with Gasteiger partial charge in [0.2, 0.25) is 0 Å². The predicted octanol–water partition coefficient (Wildman–Crippen LogP) is 3.56. The van der Waals surface area contributed by atoms with Gasteiger partial charge in [0.05, 0.1) is 0 Å². The van der Waals surface area contributed by atoms with Crippen LogP contribution in [0.15, 0.2) is 24.3 Å². The van der Waals surface area contributed by atoms with E-state index in [0.29, 0.717) is 0 Å². The molecule has 0 amide bonds. The first-order chi connectivity index (χ1) is 10.3. The van der Waals surface area contributed by atoms with Crippen LogP contribution in [0.25, 0.3) is 0 Å². The minimum Gasteiger partial charge on any atom is -0.317 e. The van der Waals surface area contributed by atoms with Gasteiger partial charge < -0.3 is 5.32 Å². The van der Waals surface area contributed by atoms with E-state index in [0.717, 1.165) is 43.8 Å². The van der Waals surface area contributed by atoms with E-state index in [-0.39, 0.29) is 0 Å². The Balaban J connectivity index is 1.71. The van der Waals surface area contributed by atoms with Gasteiger partial charge in [-0.25, -0.2) is 0 Å². The Morgan fingerprint density at radius 1 is 0.952 bits per heavy atom. The number of nitrogens with one attached hydrogen (secondary N) is 1. The van der Waals surface area contributed by atoms with Crippen molar-refractivity contribution in [1.29, 1.82) is 0 Å². The maximum Gasteiger partial charge on any atom is 0.117 e. The Hall–Kier alpha value is -1.26.